The Bertz CT molecular complexity index is 405. The van der Waals surface area contributed by atoms with Gasteiger partial charge in [0.2, 0.25) is 7.94 Å². The molecule has 6 nitrogen and oxygen atoms in total. The molecular weight excluding hydrogens is 283 g/mol. The molecule has 112 valence electrons. The van der Waals surface area contributed by atoms with Gasteiger partial charge in [-0.05, 0) is 26.0 Å². The average molecular weight is 301 g/mol. The minimum Gasteiger partial charge on any atom is -0.631 e. The lowest BCUT2D eigenvalue weighted by atomic mass is 10.3. The molecule has 0 saturated carbocycles. The molecule has 20 heavy (non-hydrogen) atoms. The summed E-state index contributed by atoms with van der Waals surface area (Å²) in [7, 11) is -3.81. The molecule has 1 aromatic carbocycles. The second kappa shape index (κ2) is 8.17. The van der Waals surface area contributed by atoms with Crippen molar-refractivity contribution in [2.45, 2.75) is 19.5 Å². The van der Waals surface area contributed by atoms with E-state index in [1.165, 1.54) is 0 Å². The molecular formula is C13H18O6P-. The van der Waals surface area contributed by atoms with Crippen LogP contribution in [0.25, 0.3) is 0 Å². The minimum atomic E-state index is -3.81. The number of rotatable bonds is 9. The molecule has 0 radical (unpaired) electrons. The van der Waals surface area contributed by atoms with Gasteiger partial charge < -0.3 is 19.5 Å². The van der Waals surface area contributed by atoms with E-state index >= 15 is 0 Å². The Hall–Kier alpha value is -1.20. The first kappa shape index (κ1) is 16.9. The third-order valence-corrected chi connectivity index (χ3v) is 4.78. The molecule has 1 rings (SSSR count). The van der Waals surface area contributed by atoms with Crippen molar-refractivity contribution in [2.24, 2.45) is 0 Å². The fraction of sp³-hybridized carbons (Fsp3) is 0.462. The van der Waals surface area contributed by atoms with Crippen LogP contribution in [0.4, 0.5) is 0 Å². The summed E-state index contributed by atoms with van der Waals surface area (Å²) in [5, 5.41) is 11.2. The van der Waals surface area contributed by atoms with E-state index in [2.05, 4.69) is 0 Å². The van der Waals surface area contributed by atoms with E-state index in [0.717, 1.165) is 0 Å². The summed E-state index contributed by atoms with van der Waals surface area (Å²) in [6.45, 7) is 3.02. The SMILES string of the molecule is CCO[P+]([O-])(OCC)C(COc1ccccc1)C(=O)[O-]. The molecule has 1 atom stereocenters. The van der Waals surface area contributed by atoms with Gasteiger partial charge in [0.25, 0.3) is 0 Å². The van der Waals surface area contributed by atoms with Gasteiger partial charge in [-0.3, -0.25) is 0 Å². The number of carboxylic acids is 1. The monoisotopic (exact) mass is 301 g/mol. The van der Waals surface area contributed by atoms with Gasteiger partial charge in [0.05, 0.1) is 19.2 Å². The second-order valence-electron chi connectivity index (χ2n) is 3.83. The molecule has 0 heterocycles. The van der Waals surface area contributed by atoms with Crippen molar-refractivity contribution >= 4 is 13.9 Å². The summed E-state index contributed by atoms with van der Waals surface area (Å²) in [5.74, 6) is -1.05. The van der Waals surface area contributed by atoms with Gasteiger partial charge >= 0.3 is 0 Å². The number of carbonyl (C=O) groups is 1. The van der Waals surface area contributed by atoms with Gasteiger partial charge in [-0.2, -0.15) is 0 Å². The molecule has 0 amide bonds. The molecule has 0 aliphatic carbocycles. The zero-order valence-corrected chi connectivity index (χ0v) is 12.4. The lowest BCUT2D eigenvalue weighted by Gasteiger charge is -2.33. The summed E-state index contributed by atoms with van der Waals surface area (Å²) in [5.41, 5.74) is -1.47. The van der Waals surface area contributed by atoms with Gasteiger partial charge in [0, 0.05) is 0 Å². The first-order valence-electron chi connectivity index (χ1n) is 6.31. The largest absolute Gasteiger partial charge is 0.631 e. The average Bonchev–Trinajstić information content (AvgIpc) is 2.40. The zero-order valence-electron chi connectivity index (χ0n) is 11.5. The fourth-order valence-corrected chi connectivity index (χ4v) is 3.23. The van der Waals surface area contributed by atoms with Gasteiger partial charge in [-0.25, -0.2) is 9.05 Å². The zero-order chi connectivity index (χ0) is 15.0. The lowest BCUT2D eigenvalue weighted by Crippen LogP contribution is -2.45. The van der Waals surface area contributed by atoms with Crippen molar-refractivity contribution in [3.05, 3.63) is 30.3 Å². The molecule has 0 aliphatic heterocycles. The summed E-state index contributed by atoms with van der Waals surface area (Å²) in [6, 6.07) is 8.62. The van der Waals surface area contributed by atoms with Gasteiger partial charge in [0.1, 0.15) is 12.4 Å². The number of aliphatic carboxylic acids is 1. The molecule has 0 aliphatic rings. The Balaban J connectivity index is 2.78. The summed E-state index contributed by atoms with van der Waals surface area (Å²) in [4.78, 5) is 23.6. The van der Waals surface area contributed by atoms with E-state index in [1.807, 2.05) is 0 Å². The van der Waals surface area contributed by atoms with Crippen LogP contribution in [0.2, 0.25) is 0 Å². The lowest BCUT2D eigenvalue weighted by molar-refractivity contribution is -0.308. The normalized spacial score (nSPS) is 12.9. The van der Waals surface area contributed by atoms with Crippen molar-refractivity contribution in [3.8, 4) is 5.75 Å². The summed E-state index contributed by atoms with van der Waals surface area (Å²) in [6.07, 6.45) is 0. The molecule has 1 aromatic rings. The highest BCUT2D eigenvalue weighted by molar-refractivity contribution is 7.61. The molecule has 0 fully saturated rings. The summed E-state index contributed by atoms with van der Waals surface area (Å²) < 4.78 is 15.3. The Labute approximate surface area is 118 Å². The first-order chi connectivity index (χ1) is 9.53. The topological polar surface area (TPSA) is 90.9 Å². The Kier molecular flexibility index (Phi) is 6.88. The van der Waals surface area contributed by atoms with Crippen molar-refractivity contribution in [1.29, 1.82) is 0 Å². The van der Waals surface area contributed by atoms with Crippen molar-refractivity contribution in [3.63, 3.8) is 0 Å². The van der Waals surface area contributed by atoms with Crippen LogP contribution < -0.4 is 14.7 Å². The predicted molar refractivity (Wildman–Crippen MR) is 70.9 cm³/mol. The molecule has 1 unspecified atom stereocenters. The van der Waals surface area contributed by atoms with Crippen LogP contribution in [0, 0.1) is 0 Å². The number of ether oxygens (including phenoxy) is 1. The highest BCUT2D eigenvalue weighted by Gasteiger charge is 2.42. The molecule has 0 saturated heterocycles. The molecule has 0 bridgehead atoms. The first-order valence-corrected chi connectivity index (χ1v) is 7.92. The highest BCUT2D eigenvalue weighted by atomic mass is 31.2. The predicted octanol–water partition coefficient (Wildman–Crippen LogP) is 0.380. The number of hydrogen-bond donors (Lipinski definition) is 0. The molecule has 0 N–H and O–H groups in total. The highest BCUT2D eigenvalue weighted by Crippen LogP contribution is 2.56. The third kappa shape index (κ3) is 4.72. The van der Waals surface area contributed by atoms with E-state index in [1.54, 1.807) is 44.2 Å². The van der Waals surface area contributed by atoms with E-state index in [0.29, 0.717) is 5.75 Å². The third-order valence-electron chi connectivity index (χ3n) is 2.42. The maximum atomic E-state index is 12.4. The van der Waals surface area contributed by atoms with Gasteiger partial charge in [0.15, 0.2) is 5.66 Å². The van der Waals surface area contributed by atoms with Crippen molar-refractivity contribution in [2.75, 3.05) is 19.8 Å². The van der Waals surface area contributed by atoms with Gasteiger partial charge in [-0.15, -0.1) is 0 Å². The molecule has 0 spiro atoms. The number of hydrogen-bond acceptors (Lipinski definition) is 6. The van der Waals surface area contributed by atoms with Crippen LogP contribution in [-0.4, -0.2) is 31.4 Å². The van der Waals surface area contributed by atoms with E-state index < -0.39 is 19.6 Å². The number of carbonyl (C=O) groups excluding carboxylic acids is 1. The maximum Gasteiger partial charge on any atom is 0.249 e. The van der Waals surface area contributed by atoms with Crippen LogP contribution in [0.15, 0.2) is 30.3 Å². The van der Waals surface area contributed by atoms with Gasteiger partial charge in [-0.1, -0.05) is 18.2 Å². The van der Waals surface area contributed by atoms with Crippen molar-refractivity contribution in [1.82, 2.24) is 0 Å². The standard InChI is InChI=1S/C13H19O6P/c1-3-18-20(16,19-4-2)12(13(14)15)10-17-11-8-6-5-7-9-11/h5-9,12H,3-4,10H2,1-2H3,(H,14,15)/p-1. The van der Waals surface area contributed by atoms with Crippen molar-refractivity contribution < 1.29 is 28.6 Å². The van der Waals surface area contributed by atoms with Crippen LogP contribution in [-0.2, 0) is 13.8 Å². The molecule has 0 aromatic heterocycles. The minimum absolute atomic E-state index is 0.0758. The van der Waals surface area contributed by atoms with E-state index in [9.17, 15) is 14.8 Å². The van der Waals surface area contributed by atoms with Crippen LogP contribution in [0.5, 0.6) is 5.75 Å². The maximum absolute atomic E-state index is 12.4. The Morgan fingerprint density at radius 1 is 1.20 bits per heavy atom. The second-order valence-corrected chi connectivity index (χ2v) is 6.05. The fourth-order valence-electron chi connectivity index (χ4n) is 1.56. The smallest absolute Gasteiger partial charge is 0.249 e. The number of benzene rings is 1. The van der Waals surface area contributed by atoms with E-state index in [4.69, 9.17) is 13.8 Å². The Morgan fingerprint density at radius 2 is 1.75 bits per heavy atom. The number of carboxylic acid groups (broad SMARTS) is 1. The van der Waals surface area contributed by atoms with E-state index in [-0.39, 0.29) is 19.8 Å². The molecule has 7 heteroatoms. The summed E-state index contributed by atoms with van der Waals surface area (Å²) >= 11 is 0. The number of para-hydroxylation sites is 1. The van der Waals surface area contributed by atoms with Crippen LogP contribution in [0.3, 0.4) is 0 Å². The van der Waals surface area contributed by atoms with Crippen LogP contribution in [0.1, 0.15) is 13.8 Å². The van der Waals surface area contributed by atoms with Crippen LogP contribution >= 0.6 is 7.94 Å². The quantitative estimate of drug-likeness (QED) is 0.612. The Morgan fingerprint density at radius 3 is 2.20 bits per heavy atom.